The van der Waals surface area contributed by atoms with E-state index in [2.05, 4.69) is 6.92 Å². The van der Waals surface area contributed by atoms with Crippen LogP contribution >= 0.6 is 0 Å². The third kappa shape index (κ3) is 3.83. The van der Waals surface area contributed by atoms with Gasteiger partial charge < -0.3 is 9.80 Å². The van der Waals surface area contributed by atoms with E-state index in [4.69, 9.17) is 0 Å². The number of nitrogens with one attached hydrogen (secondary N) is 2. The lowest BCUT2D eigenvalue weighted by molar-refractivity contribution is -1.03. The molecule has 1 aliphatic heterocycles. The zero-order valence-electron chi connectivity index (χ0n) is 13.2. The smallest absolute Gasteiger partial charge is 0.132 e. The van der Waals surface area contributed by atoms with E-state index in [0.29, 0.717) is 0 Å². The minimum atomic E-state index is -0.0409. The average Bonchev–Trinajstić information content (AvgIpc) is 2.50. The lowest BCUT2D eigenvalue weighted by atomic mass is 9.86. The molecule has 1 saturated carbocycles. The molecule has 116 valence electrons. The van der Waals surface area contributed by atoms with Gasteiger partial charge in [0.15, 0.2) is 0 Å². The van der Waals surface area contributed by atoms with Crippen LogP contribution < -0.4 is 9.80 Å². The van der Waals surface area contributed by atoms with E-state index in [1.807, 2.05) is 17.0 Å². The Bertz CT molecular complexity index is 454. The van der Waals surface area contributed by atoms with Gasteiger partial charge in [-0.2, -0.15) is 0 Å². The van der Waals surface area contributed by atoms with E-state index in [1.165, 1.54) is 51.9 Å². The predicted octanol–water partition coefficient (Wildman–Crippen LogP) is 0.688. The van der Waals surface area contributed by atoms with Crippen molar-refractivity contribution in [3.63, 3.8) is 0 Å². The number of hydrogen-bond acceptors (Lipinski definition) is 0. The fourth-order valence-electron chi connectivity index (χ4n) is 4.23. The summed E-state index contributed by atoms with van der Waals surface area (Å²) in [6.45, 7) is 8.16. The molecule has 2 aliphatic rings. The third-order valence-corrected chi connectivity index (χ3v) is 5.51. The van der Waals surface area contributed by atoms with Gasteiger partial charge in [-0.3, -0.25) is 0 Å². The van der Waals surface area contributed by atoms with Crippen LogP contribution in [0.3, 0.4) is 0 Å². The topological polar surface area (TPSA) is 8.88 Å². The van der Waals surface area contributed by atoms with Gasteiger partial charge in [0.1, 0.15) is 38.5 Å². The van der Waals surface area contributed by atoms with Crippen LogP contribution in [0.5, 0.6) is 0 Å². The molecular weight excluding hydrogens is 263 g/mol. The first-order valence-corrected chi connectivity index (χ1v) is 8.64. The van der Waals surface area contributed by atoms with Crippen molar-refractivity contribution in [3.05, 3.63) is 35.6 Å². The Balaban J connectivity index is 1.50. The third-order valence-electron chi connectivity index (χ3n) is 5.51. The van der Waals surface area contributed by atoms with Crippen LogP contribution in [0.2, 0.25) is 0 Å². The molecule has 2 N–H and O–H groups in total. The van der Waals surface area contributed by atoms with E-state index >= 15 is 0 Å². The van der Waals surface area contributed by atoms with E-state index in [0.717, 1.165) is 24.1 Å². The molecule has 0 bridgehead atoms. The molecule has 0 spiro atoms. The Morgan fingerprint density at radius 3 is 2.57 bits per heavy atom. The summed E-state index contributed by atoms with van der Waals surface area (Å²) < 4.78 is 13.7. The fourth-order valence-corrected chi connectivity index (χ4v) is 4.23. The summed E-state index contributed by atoms with van der Waals surface area (Å²) >= 11 is 0. The van der Waals surface area contributed by atoms with Crippen LogP contribution in [-0.2, 0) is 6.54 Å². The van der Waals surface area contributed by atoms with Gasteiger partial charge in [0.2, 0.25) is 0 Å². The van der Waals surface area contributed by atoms with Crippen molar-refractivity contribution < 1.29 is 14.2 Å². The number of piperazine rings is 1. The number of hydrogen-bond donors (Lipinski definition) is 2. The quantitative estimate of drug-likeness (QED) is 0.811. The minimum Gasteiger partial charge on any atom is -0.323 e. The molecule has 1 heterocycles. The molecule has 0 aromatic heterocycles. The van der Waals surface area contributed by atoms with Gasteiger partial charge >= 0.3 is 0 Å². The summed E-state index contributed by atoms with van der Waals surface area (Å²) in [5.41, 5.74) is 0.877. The molecule has 0 amide bonds. The van der Waals surface area contributed by atoms with Crippen molar-refractivity contribution in [2.45, 2.75) is 45.2 Å². The molecule has 1 aliphatic carbocycles. The zero-order chi connectivity index (χ0) is 14.7. The summed E-state index contributed by atoms with van der Waals surface area (Å²) in [5, 5.41) is 0. The summed E-state index contributed by atoms with van der Waals surface area (Å²) in [5.74, 6) is 0.876. The zero-order valence-corrected chi connectivity index (χ0v) is 13.2. The van der Waals surface area contributed by atoms with E-state index in [9.17, 15) is 4.39 Å². The maximum absolute atomic E-state index is 13.7. The molecule has 2 atom stereocenters. The van der Waals surface area contributed by atoms with Crippen LogP contribution in [0.4, 0.5) is 4.39 Å². The first-order valence-electron chi connectivity index (χ1n) is 8.64. The molecule has 3 heteroatoms. The second-order valence-corrected chi connectivity index (χ2v) is 7.15. The van der Waals surface area contributed by atoms with Gasteiger partial charge in [0.25, 0.3) is 0 Å². The predicted molar refractivity (Wildman–Crippen MR) is 82.9 cm³/mol. The second-order valence-electron chi connectivity index (χ2n) is 7.15. The minimum absolute atomic E-state index is 0.0409. The molecule has 1 aromatic carbocycles. The molecule has 3 rings (SSSR count). The Morgan fingerprint density at radius 2 is 1.86 bits per heavy atom. The highest BCUT2D eigenvalue weighted by molar-refractivity contribution is 5.15. The summed E-state index contributed by atoms with van der Waals surface area (Å²) in [6, 6.07) is 8.14. The lowest BCUT2D eigenvalue weighted by Gasteiger charge is -2.37. The number of benzene rings is 1. The van der Waals surface area contributed by atoms with Crippen LogP contribution in [0.15, 0.2) is 24.3 Å². The molecule has 2 unspecified atom stereocenters. The Hall–Kier alpha value is -0.930. The summed E-state index contributed by atoms with van der Waals surface area (Å²) in [6.07, 6.45) is 5.68. The van der Waals surface area contributed by atoms with Crippen LogP contribution in [0.25, 0.3) is 0 Å². The normalized spacial score (nSPS) is 33.8. The van der Waals surface area contributed by atoms with Gasteiger partial charge in [-0.15, -0.1) is 0 Å². The molecule has 2 fully saturated rings. The monoisotopic (exact) mass is 292 g/mol. The standard InChI is InChI=1S/C18H27FN2/c1-15-5-4-7-17(13-15)21-11-9-20(10-12-21)14-16-6-2-3-8-18(16)19/h2-3,6,8,15,17H,4-5,7,9-14H2,1H3/p+2. The molecule has 1 aromatic rings. The highest BCUT2D eigenvalue weighted by Crippen LogP contribution is 2.21. The Labute approximate surface area is 127 Å². The van der Waals surface area contributed by atoms with Crippen LogP contribution in [0.1, 0.15) is 38.2 Å². The van der Waals surface area contributed by atoms with Crippen molar-refractivity contribution in [1.82, 2.24) is 0 Å². The largest absolute Gasteiger partial charge is 0.323 e. The lowest BCUT2D eigenvalue weighted by Crippen LogP contribution is -3.29. The molecule has 21 heavy (non-hydrogen) atoms. The highest BCUT2D eigenvalue weighted by Gasteiger charge is 2.32. The van der Waals surface area contributed by atoms with Gasteiger partial charge in [-0.1, -0.05) is 31.5 Å². The van der Waals surface area contributed by atoms with E-state index in [-0.39, 0.29) is 5.82 Å². The molecule has 0 radical (unpaired) electrons. The van der Waals surface area contributed by atoms with Crippen molar-refractivity contribution in [2.24, 2.45) is 5.92 Å². The van der Waals surface area contributed by atoms with E-state index in [1.54, 1.807) is 17.0 Å². The highest BCUT2D eigenvalue weighted by atomic mass is 19.1. The first kappa shape index (κ1) is 15.0. The number of halogens is 1. The first-order chi connectivity index (χ1) is 10.2. The Kier molecular flexibility index (Phi) is 4.91. The number of quaternary nitrogens is 2. The second kappa shape index (κ2) is 6.89. The Morgan fingerprint density at radius 1 is 1.10 bits per heavy atom. The summed E-state index contributed by atoms with van der Waals surface area (Å²) in [4.78, 5) is 3.37. The maximum Gasteiger partial charge on any atom is 0.132 e. The maximum atomic E-state index is 13.7. The SMILES string of the molecule is CC1CCCC([NH+]2CC[NH+](Cc3ccccc3F)CC2)C1. The van der Waals surface area contributed by atoms with Crippen molar-refractivity contribution in [2.75, 3.05) is 26.2 Å². The van der Waals surface area contributed by atoms with Gasteiger partial charge in [-0.05, 0) is 24.8 Å². The van der Waals surface area contributed by atoms with Crippen molar-refractivity contribution in [1.29, 1.82) is 0 Å². The molecule has 1 saturated heterocycles. The average molecular weight is 292 g/mol. The van der Waals surface area contributed by atoms with Gasteiger partial charge in [-0.25, -0.2) is 4.39 Å². The van der Waals surface area contributed by atoms with Crippen molar-refractivity contribution in [3.8, 4) is 0 Å². The molecule has 2 nitrogen and oxygen atoms in total. The van der Waals surface area contributed by atoms with E-state index < -0.39 is 0 Å². The van der Waals surface area contributed by atoms with Crippen LogP contribution in [0, 0.1) is 11.7 Å². The molecular formula is C18H29FN2+2. The van der Waals surface area contributed by atoms with Gasteiger partial charge in [0, 0.05) is 12.0 Å². The van der Waals surface area contributed by atoms with Crippen molar-refractivity contribution >= 4 is 0 Å². The summed E-state index contributed by atoms with van der Waals surface area (Å²) in [7, 11) is 0. The number of rotatable bonds is 3. The van der Waals surface area contributed by atoms with Gasteiger partial charge in [0.05, 0.1) is 6.04 Å². The van der Waals surface area contributed by atoms with Crippen LogP contribution in [-0.4, -0.2) is 32.2 Å². The fraction of sp³-hybridized carbons (Fsp3) is 0.667.